The number of fused-ring (bicyclic) bond motifs is 1. The van der Waals surface area contributed by atoms with Crippen LogP contribution < -0.4 is 15.0 Å². The standard InChI is InChI=1S/C18H17FN2O3/c1-2-17(22)20-14-7-8-16-15(9-14)21(18(23)11-24-16)10-12-3-5-13(19)6-4-12/h3-9H,2,10-11H2,1H3,(H,20,22). The first-order valence-corrected chi connectivity index (χ1v) is 7.68. The Morgan fingerprint density at radius 1 is 1.25 bits per heavy atom. The molecule has 0 fully saturated rings. The van der Waals surface area contributed by atoms with E-state index in [0.717, 1.165) is 5.56 Å². The lowest BCUT2D eigenvalue weighted by Gasteiger charge is -2.30. The minimum atomic E-state index is -0.322. The molecule has 2 aromatic rings. The number of nitrogens with one attached hydrogen (secondary N) is 1. The summed E-state index contributed by atoms with van der Waals surface area (Å²) in [7, 11) is 0. The second-order valence-corrected chi connectivity index (χ2v) is 5.48. The first kappa shape index (κ1) is 16.0. The second kappa shape index (κ2) is 6.70. The predicted molar refractivity (Wildman–Crippen MR) is 88.4 cm³/mol. The number of amides is 2. The summed E-state index contributed by atoms with van der Waals surface area (Å²) in [5.74, 6) is -0.0443. The van der Waals surface area contributed by atoms with Crippen LogP contribution in [0.4, 0.5) is 15.8 Å². The number of carbonyl (C=O) groups excluding carboxylic acids is 2. The van der Waals surface area contributed by atoms with Crippen molar-refractivity contribution in [3.63, 3.8) is 0 Å². The molecule has 24 heavy (non-hydrogen) atoms. The summed E-state index contributed by atoms with van der Waals surface area (Å²) in [6.07, 6.45) is 0.367. The van der Waals surface area contributed by atoms with Gasteiger partial charge in [0, 0.05) is 12.1 Å². The lowest BCUT2D eigenvalue weighted by molar-refractivity contribution is -0.121. The van der Waals surface area contributed by atoms with E-state index in [1.54, 1.807) is 42.2 Å². The van der Waals surface area contributed by atoms with Crippen LogP contribution in [0, 0.1) is 5.82 Å². The topological polar surface area (TPSA) is 58.6 Å². The molecule has 6 heteroatoms. The highest BCUT2D eigenvalue weighted by Crippen LogP contribution is 2.35. The summed E-state index contributed by atoms with van der Waals surface area (Å²) < 4.78 is 18.5. The quantitative estimate of drug-likeness (QED) is 0.938. The van der Waals surface area contributed by atoms with E-state index in [9.17, 15) is 14.0 Å². The van der Waals surface area contributed by atoms with Crippen molar-refractivity contribution in [3.8, 4) is 5.75 Å². The molecule has 0 unspecified atom stereocenters. The lowest BCUT2D eigenvalue weighted by Crippen LogP contribution is -2.38. The van der Waals surface area contributed by atoms with E-state index in [2.05, 4.69) is 5.32 Å². The van der Waals surface area contributed by atoms with E-state index in [1.165, 1.54) is 12.1 Å². The molecule has 2 amide bonds. The van der Waals surface area contributed by atoms with Crippen LogP contribution >= 0.6 is 0 Å². The van der Waals surface area contributed by atoms with Crippen LogP contribution in [0.2, 0.25) is 0 Å². The molecule has 0 bridgehead atoms. The molecule has 0 saturated carbocycles. The van der Waals surface area contributed by atoms with Crippen molar-refractivity contribution in [3.05, 3.63) is 53.8 Å². The number of rotatable bonds is 4. The second-order valence-electron chi connectivity index (χ2n) is 5.48. The maximum absolute atomic E-state index is 13.0. The Labute approximate surface area is 139 Å². The third-order valence-corrected chi connectivity index (χ3v) is 3.76. The molecule has 0 atom stereocenters. The van der Waals surface area contributed by atoms with Gasteiger partial charge in [-0.3, -0.25) is 9.59 Å². The van der Waals surface area contributed by atoms with E-state index in [1.807, 2.05) is 0 Å². The smallest absolute Gasteiger partial charge is 0.265 e. The Balaban J connectivity index is 1.90. The minimum absolute atomic E-state index is 0.0468. The van der Waals surface area contributed by atoms with Gasteiger partial charge in [0.05, 0.1) is 12.2 Å². The van der Waals surface area contributed by atoms with Crippen LogP contribution in [-0.4, -0.2) is 18.4 Å². The number of hydrogen-bond donors (Lipinski definition) is 1. The number of anilines is 2. The van der Waals surface area contributed by atoms with Gasteiger partial charge < -0.3 is 15.0 Å². The van der Waals surface area contributed by atoms with Gasteiger partial charge in [-0.05, 0) is 35.9 Å². The predicted octanol–water partition coefficient (Wildman–Crippen LogP) is 3.10. The highest BCUT2D eigenvalue weighted by molar-refractivity contribution is 5.99. The normalized spacial score (nSPS) is 13.2. The largest absolute Gasteiger partial charge is 0.482 e. The summed E-state index contributed by atoms with van der Waals surface area (Å²) in [5.41, 5.74) is 1.99. The van der Waals surface area contributed by atoms with Gasteiger partial charge in [0.25, 0.3) is 5.91 Å². The monoisotopic (exact) mass is 328 g/mol. The van der Waals surface area contributed by atoms with E-state index < -0.39 is 0 Å². The maximum atomic E-state index is 13.0. The van der Waals surface area contributed by atoms with Gasteiger partial charge in [-0.25, -0.2) is 4.39 Å². The van der Waals surface area contributed by atoms with Gasteiger partial charge in [0.15, 0.2) is 6.61 Å². The molecule has 2 aromatic carbocycles. The van der Waals surface area contributed by atoms with Crippen LogP contribution in [0.5, 0.6) is 5.75 Å². The SMILES string of the molecule is CCC(=O)Nc1ccc2c(c1)N(Cc1ccc(F)cc1)C(=O)CO2. The molecule has 0 saturated heterocycles. The summed E-state index contributed by atoms with van der Waals surface area (Å²) >= 11 is 0. The lowest BCUT2D eigenvalue weighted by atomic mass is 10.1. The molecule has 3 rings (SSSR count). The van der Waals surface area contributed by atoms with Crippen molar-refractivity contribution in [1.82, 2.24) is 0 Å². The minimum Gasteiger partial charge on any atom is -0.482 e. The van der Waals surface area contributed by atoms with Crippen molar-refractivity contribution in [1.29, 1.82) is 0 Å². The zero-order valence-electron chi connectivity index (χ0n) is 13.2. The van der Waals surface area contributed by atoms with E-state index in [4.69, 9.17) is 4.74 Å². The van der Waals surface area contributed by atoms with E-state index in [0.29, 0.717) is 30.1 Å². The van der Waals surface area contributed by atoms with Gasteiger partial charge in [0.1, 0.15) is 11.6 Å². The molecular weight excluding hydrogens is 311 g/mol. The first-order valence-electron chi connectivity index (χ1n) is 7.68. The Morgan fingerprint density at radius 2 is 2.00 bits per heavy atom. The Bertz CT molecular complexity index is 774. The highest BCUT2D eigenvalue weighted by atomic mass is 19.1. The Hall–Kier alpha value is -2.89. The molecule has 0 aliphatic carbocycles. The molecule has 0 spiro atoms. The van der Waals surface area contributed by atoms with Crippen molar-refractivity contribution in [2.45, 2.75) is 19.9 Å². The molecule has 124 valence electrons. The van der Waals surface area contributed by atoms with Gasteiger partial charge in [-0.15, -0.1) is 0 Å². The molecule has 1 N–H and O–H groups in total. The van der Waals surface area contributed by atoms with Gasteiger partial charge >= 0.3 is 0 Å². The number of nitrogens with zero attached hydrogens (tertiary/aromatic N) is 1. The third-order valence-electron chi connectivity index (χ3n) is 3.76. The summed E-state index contributed by atoms with van der Waals surface area (Å²) in [6.45, 7) is 2.02. The van der Waals surface area contributed by atoms with Gasteiger partial charge in [-0.2, -0.15) is 0 Å². The summed E-state index contributed by atoms with van der Waals surface area (Å²) in [4.78, 5) is 25.4. The summed E-state index contributed by atoms with van der Waals surface area (Å²) in [6, 6.07) is 11.2. The van der Waals surface area contributed by atoms with E-state index in [-0.39, 0.29) is 24.2 Å². The van der Waals surface area contributed by atoms with Crippen molar-refractivity contribution < 1.29 is 18.7 Å². The third kappa shape index (κ3) is 3.37. The fraction of sp³-hybridized carbons (Fsp3) is 0.222. The van der Waals surface area contributed by atoms with Crippen LogP contribution in [0.25, 0.3) is 0 Å². The van der Waals surface area contributed by atoms with Crippen LogP contribution in [0.15, 0.2) is 42.5 Å². The Kier molecular flexibility index (Phi) is 4.46. The Morgan fingerprint density at radius 3 is 2.71 bits per heavy atom. The molecule has 0 aromatic heterocycles. The highest BCUT2D eigenvalue weighted by Gasteiger charge is 2.26. The molecule has 5 nitrogen and oxygen atoms in total. The van der Waals surface area contributed by atoms with Crippen molar-refractivity contribution in [2.24, 2.45) is 0 Å². The number of ether oxygens (including phenoxy) is 1. The maximum Gasteiger partial charge on any atom is 0.265 e. The average Bonchev–Trinajstić information content (AvgIpc) is 2.59. The molecular formula is C18H17FN2O3. The molecule has 1 aliphatic rings. The first-order chi connectivity index (χ1) is 11.6. The molecule has 0 radical (unpaired) electrons. The van der Waals surface area contributed by atoms with Crippen LogP contribution in [0.1, 0.15) is 18.9 Å². The number of carbonyl (C=O) groups is 2. The van der Waals surface area contributed by atoms with E-state index >= 15 is 0 Å². The zero-order valence-corrected chi connectivity index (χ0v) is 13.2. The number of hydrogen-bond acceptors (Lipinski definition) is 3. The molecule has 1 aliphatic heterocycles. The van der Waals surface area contributed by atoms with Crippen molar-refractivity contribution >= 4 is 23.2 Å². The zero-order chi connectivity index (χ0) is 17.1. The number of halogens is 1. The van der Waals surface area contributed by atoms with Gasteiger partial charge in [0.2, 0.25) is 5.91 Å². The number of benzene rings is 2. The summed E-state index contributed by atoms with van der Waals surface area (Å²) in [5, 5.41) is 2.77. The van der Waals surface area contributed by atoms with Crippen LogP contribution in [-0.2, 0) is 16.1 Å². The van der Waals surface area contributed by atoms with Gasteiger partial charge in [-0.1, -0.05) is 19.1 Å². The fourth-order valence-electron chi connectivity index (χ4n) is 2.47. The van der Waals surface area contributed by atoms with Crippen LogP contribution in [0.3, 0.4) is 0 Å². The average molecular weight is 328 g/mol. The fourth-order valence-corrected chi connectivity index (χ4v) is 2.47. The van der Waals surface area contributed by atoms with Crippen molar-refractivity contribution in [2.75, 3.05) is 16.8 Å². The molecule has 1 heterocycles.